The maximum absolute atomic E-state index is 9.45. The molecule has 0 aliphatic rings. The first kappa shape index (κ1) is 18.0. The number of nitrogens with zero attached hydrogens (tertiary/aromatic N) is 1. The molecule has 6 nitrogen and oxygen atoms in total. The van der Waals surface area contributed by atoms with Crippen molar-refractivity contribution in [2.24, 2.45) is 0 Å². The summed E-state index contributed by atoms with van der Waals surface area (Å²) in [6.45, 7) is 4.69. The van der Waals surface area contributed by atoms with Crippen LogP contribution < -0.4 is 4.57 Å². The smallest absolute Gasteiger partial charge is 0.217 e. The van der Waals surface area contributed by atoms with Gasteiger partial charge in [0.15, 0.2) is 12.4 Å². The van der Waals surface area contributed by atoms with Crippen molar-refractivity contribution in [1.82, 2.24) is 0 Å². The van der Waals surface area contributed by atoms with Gasteiger partial charge in [-0.2, -0.15) is 0 Å². The Morgan fingerprint density at radius 3 is 2.53 bits per heavy atom. The lowest BCUT2D eigenvalue weighted by Crippen LogP contribution is -2.33. The zero-order chi connectivity index (χ0) is 14.7. The van der Waals surface area contributed by atoms with Crippen LogP contribution in [-0.2, 0) is 27.7 Å². The van der Waals surface area contributed by atoms with E-state index in [1.807, 2.05) is 24.5 Å². The van der Waals surface area contributed by atoms with Gasteiger partial charge in [-0.15, -0.1) is 0 Å². The van der Waals surface area contributed by atoms with E-state index in [2.05, 4.69) is 15.7 Å². The Labute approximate surface area is 114 Å². The highest BCUT2D eigenvalue weighted by Gasteiger charge is 1.99. The molecule has 1 rings (SSSR count). The Morgan fingerprint density at radius 1 is 1.42 bits per heavy atom. The molecule has 0 aliphatic carbocycles. The van der Waals surface area contributed by atoms with Gasteiger partial charge in [0, 0.05) is 18.1 Å². The van der Waals surface area contributed by atoms with E-state index >= 15 is 0 Å². The molecule has 0 unspecified atom stereocenters. The van der Waals surface area contributed by atoms with E-state index < -0.39 is 10.4 Å². The topological polar surface area (TPSA) is 90.5 Å². The van der Waals surface area contributed by atoms with Crippen LogP contribution in [0.3, 0.4) is 0 Å². The van der Waals surface area contributed by atoms with Crippen molar-refractivity contribution in [2.75, 3.05) is 6.61 Å². The first-order valence-corrected chi connectivity index (χ1v) is 7.45. The number of aliphatic hydroxyl groups is 1. The minimum absolute atomic E-state index is 0.0914. The molecule has 1 N–H and O–H groups in total. The number of aromatic nitrogens is 1. The number of hydrogen-bond acceptors (Lipinski definition) is 5. The highest BCUT2D eigenvalue weighted by Crippen LogP contribution is 1.94. The molecule has 7 heteroatoms. The Bertz CT molecular complexity index is 447. The SMILES string of the molecule is CCCC[n+]1cccc(CO)c1.CCOS(=O)(=O)[O-]. The third-order valence-corrected chi connectivity index (χ3v) is 2.66. The van der Waals surface area contributed by atoms with Crippen LogP contribution in [0.2, 0.25) is 0 Å². The summed E-state index contributed by atoms with van der Waals surface area (Å²) in [5.41, 5.74) is 0.980. The first-order valence-electron chi connectivity index (χ1n) is 6.12. The maximum Gasteiger partial charge on any atom is 0.217 e. The summed E-state index contributed by atoms with van der Waals surface area (Å²) in [6.07, 6.45) is 6.43. The summed E-state index contributed by atoms with van der Waals surface area (Å²) < 4.78 is 34.1. The van der Waals surface area contributed by atoms with Crippen LogP contribution in [-0.4, -0.2) is 24.7 Å². The molecular formula is C12H21NO5S. The van der Waals surface area contributed by atoms with Crippen molar-refractivity contribution in [2.45, 2.75) is 39.8 Å². The molecule has 0 saturated carbocycles. The molecule has 0 aromatic carbocycles. The van der Waals surface area contributed by atoms with Gasteiger partial charge >= 0.3 is 0 Å². The Kier molecular flexibility index (Phi) is 9.32. The quantitative estimate of drug-likeness (QED) is 0.474. The van der Waals surface area contributed by atoms with Crippen LogP contribution in [0, 0.1) is 0 Å². The Morgan fingerprint density at radius 2 is 2.11 bits per heavy atom. The molecule has 19 heavy (non-hydrogen) atoms. The molecule has 1 aromatic rings. The summed E-state index contributed by atoms with van der Waals surface area (Å²) in [5, 5.41) is 8.87. The fraction of sp³-hybridized carbons (Fsp3) is 0.583. The van der Waals surface area contributed by atoms with Gasteiger partial charge in [-0.05, 0) is 13.0 Å². The van der Waals surface area contributed by atoms with Gasteiger partial charge in [-0.1, -0.05) is 13.3 Å². The number of aliphatic hydroxyl groups excluding tert-OH is 1. The lowest BCUT2D eigenvalue weighted by atomic mass is 10.3. The van der Waals surface area contributed by atoms with Gasteiger partial charge in [-0.25, -0.2) is 13.0 Å². The van der Waals surface area contributed by atoms with Crippen LogP contribution in [0.15, 0.2) is 24.5 Å². The zero-order valence-corrected chi connectivity index (χ0v) is 12.1. The molecule has 0 aliphatic heterocycles. The second-order valence-electron chi connectivity index (χ2n) is 3.78. The van der Waals surface area contributed by atoms with E-state index in [9.17, 15) is 13.0 Å². The summed E-state index contributed by atoms with van der Waals surface area (Å²) in [5.74, 6) is 0. The fourth-order valence-electron chi connectivity index (χ4n) is 1.29. The maximum atomic E-state index is 9.45. The molecule has 0 spiro atoms. The largest absolute Gasteiger partial charge is 0.726 e. The number of unbranched alkanes of at least 4 members (excludes halogenated alkanes) is 1. The molecule has 110 valence electrons. The predicted octanol–water partition coefficient (Wildman–Crippen LogP) is 0.750. The van der Waals surface area contributed by atoms with Gasteiger partial charge in [0.1, 0.15) is 6.54 Å². The average molecular weight is 291 g/mol. The van der Waals surface area contributed by atoms with Crippen molar-refractivity contribution < 1.29 is 26.8 Å². The molecule has 0 atom stereocenters. The van der Waals surface area contributed by atoms with E-state index in [1.54, 1.807) is 0 Å². The summed E-state index contributed by atoms with van der Waals surface area (Å²) in [7, 11) is -4.42. The zero-order valence-electron chi connectivity index (χ0n) is 11.3. The second kappa shape index (κ2) is 9.85. The standard InChI is InChI=1S/C10H16NO.C2H6O4S/c1-2-3-6-11-7-4-5-10(8-11)9-12;1-2-6-7(3,4)5/h4-5,7-8,12H,2-3,6,9H2,1H3;2H2,1H3,(H,3,4,5)/q+1;/p-1. The van der Waals surface area contributed by atoms with Crippen molar-refractivity contribution in [1.29, 1.82) is 0 Å². The molecule has 1 aromatic heterocycles. The van der Waals surface area contributed by atoms with Gasteiger partial charge < -0.3 is 9.66 Å². The third kappa shape index (κ3) is 10.6. The lowest BCUT2D eigenvalue weighted by molar-refractivity contribution is -0.697. The van der Waals surface area contributed by atoms with E-state index in [0.717, 1.165) is 12.1 Å². The minimum Gasteiger partial charge on any atom is -0.726 e. The summed E-state index contributed by atoms with van der Waals surface area (Å²) in [4.78, 5) is 0. The molecule has 0 saturated heterocycles. The van der Waals surface area contributed by atoms with Gasteiger partial charge in [0.25, 0.3) is 0 Å². The van der Waals surface area contributed by atoms with Crippen LogP contribution in [0.1, 0.15) is 32.3 Å². The van der Waals surface area contributed by atoms with Crippen LogP contribution in [0.4, 0.5) is 0 Å². The summed E-state index contributed by atoms with van der Waals surface area (Å²) >= 11 is 0. The first-order chi connectivity index (χ1) is 8.92. The predicted molar refractivity (Wildman–Crippen MR) is 68.8 cm³/mol. The third-order valence-electron chi connectivity index (χ3n) is 2.13. The Hall–Kier alpha value is -1.02. The van der Waals surface area contributed by atoms with Crippen molar-refractivity contribution in [3.05, 3.63) is 30.1 Å². The normalized spacial score (nSPS) is 10.7. The van der Waals surface area contributed by atoms with Crippen LogP contribution >= 0.6 is 0 Å². The summed E-state index contributed by atoms with van der Waals surface area (Å²) in [6, 6.07) is 3.91. The average Bonchev–Trinajstić information content (AvgIpc) is 2.36. The second-order valence-corrected chi connectivity index (χ2v) is 4.83. The van der Waals surface area contributed by atoms with E-state index in [0.29, 0.717) is 0 Å². The monoisotopic (exact) mass is 291 g/mol. The van der Waals surface area contributed by atoms with Crippen LogP contribution in [0.25, 0.3) is 0 Å². The van der Waals surface area contributed by atoms with Gasteiger partial charge in [-0.3, -0.25) is 4.18 Å². The number of rotatable bonds is 6. The highest BCUT2D eigenvalue weighted by atomic mass is 32.3. The van der Waals surface area contributed by atoms with Crippen LogP contribution in [0.5, 0.6) is 0 Å². The molecular weight excluding hydrogens is 270 g/mol. The molecule has 1 heterocycles. The van der Waals surface area contributed by atoms with Gasteiger partial charge in [0.05, 0.1) is 13.2 Å². The van der Waals surface area contributed by atoms with E-state index in [-0.39, 0.29) is 13.2 Å². The van der Waals surface area contributed by atoms with Crippen molar-refractivity contribution in [3.63, 3.8) is 0 Å². The molecule has 0 radical (unpaired) electrons. The number of pyridine rings is 1. The van der Waals surface area contributed by atoms with Gasteiger partial charge in [0.2, 0.25) is 10.4 Å². The molecule has 0 bridgehead atoms. The molecule has 0 amide bonds. The van der Waals surface area contributed by atoms with Crippen molar-refractivity contribution in [3.8, 4) is 0 Å². The Balaban J connectivity index is 0.000000399. The van der Waals surface area contributed by atoms with E-state index in [1.165, 1.54) is 19.8 Å². The minimum atomic E-state index is -4.42. The number of aryl methyl sites for hydroxylation is 1. The lowest BCUT2D eigenvalue weighted by Gasteiger charge is -2.02. The number of hydrogen-bond donors (Lipinski definition) is 1. The van der Waals surface area contributed by atoms with Crippen molar-refractivity contribution >= 4 is 10.4 Å². The molecule has 0 fully saturated rings. The highest BCUT2D eigenvalue weighted by molar-refractivity contribution is 7.80. The van der Waals surface area contributed by atoms with E-state index in [4.69, 9.17) is 5.11 Å². The fourth-order valence-corrected chi connectivity index (χ4v) is 1.58.